The largest absolute Gasteiger partial charge is 0.371 e. The normalized spacial score (nSPS) is 21.0. The Hall–Kier alpha value is -0.540. The highest BCUT2D eigenvalue weighted by Crippen LogP contribution is 2.39. The lowest BCUT2D eigenvalue weighted by Gasteiger charge is -2.17. The van der Waals surface area contributed by atoms with Crippen molar-refractivity contribution >= 4 is 21.6 Å². The number of hydrogen-bond donors (Lipinski definition) is 1. The number of nitrogens with two attached hydrogens (primary N) is 1. The van der Waals surface area contributed by atoms with Gasteiger partial charge in [-0.25, -0.2) is 0 Å². The molecule has 1 aliphatic heterocycles. The predicted molar refractivity (Wildman–Crippen MR) is 73.0 cm³/mol. The van der Waals surface area contributed by atoms with Crippen molar-refractivity contribution in [2.24, 2.45) is 5.73 Å². The van der Waals surface area contributed by atoms with Crippen LogP contribution >= 0.6 is 15.9 Å². The van der Waals surface area contributed by atoms with E-state index < -0.39 is 0 Å². The number of rotatable bonds is 3. The van der Waals surface area contributed by atoms with Crippen LogP contribution < -0.4 is 10.6 Å². The first-order valence-electron chi connectivity index (χ1n) is 5.91. The third-order valence-corrected chi connectivity index (χ3v) is 3.74. The van der Waals surface area contributed by atoms with Gasteiger partial charge in [-0.15, -0.1) is 0 Å². The van der Waals surface area contributed by atoms with E-state index in [4.69, 9.17) is 5.73 Å². The van der Waals surface area contributed by atoms with Gasteiger partial charge in [-0.3, -0.25) is 0 Å². The van der Waals surface area contributed by atoms with Gasteiger partial charge in [0.05, 0.1) is 0 Å². The van der Waals surface area contributed by atoms with Crippen LogP contribution in [0.25, 0.3) is 0 Å². The minimum atomic E-state index is 0.272. The summed E-state index contributed by atoms with van der Waals surface area (Å²) in [7, 11) is 0. The first-order valence-corrected chi connectivity index (χ1v) is 6.71. The van der Waals surface area contributed by atoms with Gasteiger partial charge in [-0.05, 0) is 44.0 Å². The average molecular weight is 283 g/mol. The molecule has 0 bridgehead atoms. The molecule has 1 aliphatic rings. The molecule has 0 fully saturated rings. The molecule has 1 aromatic rings. The van der Waals surface area contributed by atoms with Crippen LogP contribution in [0.2, 0.25) is 0 Å². The van der Waals surface area contributed by atoms with Crippen molar-refractivity contribution in [1.29, 1.82) is 0 Å². The lowest BCUT2D eigenvalue weighted by Crippen LogP contribution is -2.24. The maximum Gasteiger partial charge on any atom is 0.0403 e. The van der Waals surface area contributed by atoms with Crippen molar-refractivity contribution in [2.45, 2.75) is 32.2 Å². The van der Waals surface area contributed by atoms with E-state index in [9.17, 15) is 0 Å². The smallest absolute Gasteiger partial charge is 0.0403 e. The standard InChI is InChI=1S/C13H19BrN2/c1-3-16-8-10(6-9(2)15)12-7-11(14)4-5-13(12)16/h4-5,7,9-10H,3,6,8,15H2,1-2H3. The van der Waals surface area contributed by atoms with Gasteiger partial charge in [-0.1, -0.05) is 15.9 Å². The van der Waals surface area contributed by atoms with E-state index in [2.05, 4.69) is 52.9 Å². The number of likely N-dealkylation sites (N-methyl/N-ethyl adjacent to an activating group) is 1. The molecule has 16 heavy (non-hydrogen) atoms. The molecule has 2 atom stereocenters. The average Bonchev–Trinajstić information content (AvgIpc) is 2.55. The van der Waals surface area contributed by atoms with Gasteiger partial charge in [0.25, 0.3) is 0 Å². The fourth-order valence-electron chi connectivity index (χ4n) is 2.55. The van der Waals surface area contributed by atoms with E-state index in [0.717, 1.165) is 19.5 Å². The van der Waals surface area contributed by atoms with E-state index in [0.29, 0.717) is 5.92 Å². The molecule has 0 saturated carbocycles. The second-order valence-electron chi connectivity index (χ2n) is 4.65. The summed E-state index contributed by atoms with van der Waals surface area (Å²) in [6.07, 6.45) is 1.07. The summed E-state index contributed by atoms with van der Waals surface area (Å²) in [5.74, 6) is 0.590. The van der Waals surface area contributed by atoms with Crippen LogP contribution in [-0.2, 0) is 0 Å². The Kier molecular flexibility index (Phi) is 3.55. The Morgan fingerprint density at radius 2 is 2.31 bits per heavy atom. The van der Waals surface area contributed by atoms with E-state index in [1.54, 1.807) is 0 Å². The molecular formula is C13H19BrN2. The molecule has 0 spiro atoms. The van der Waals surface area contributed by atoms with E-state index in [1.165, 1.54) is 15.7 Å². The van der Waals surface area contributed by atoms with Gasteiger partial charge in [0.2, 0.25) is 0 Å². The first kappa shape index (κ1) is 11.9. The lowest BCUT2D eigenvalue weighted by atomic mass is 9.95. The Labute approximate surface area is 106 Å². The van der Waals surface area contributed by atoms with Gasteiger partial charge in [0.1, 0.15) is 0 Å². The molecule has 1 aromatic carbocycles. The Bertz CT molecular complexity index is 376. The van der Waals surface area contributed by atoms with E-state index in [-0.39, 0.29) is 6.04 Å². The zero-order valence-corrected chi connectivity index (χ0v) is 11.5. The SMILES string of the molecule is CCN1CC(CC(C)N)c2cc(Br)ccc21. The van der Waals surface area contributed by atoms with Gasteiger partial charge >= 0.3 is 0 Å². The highest BCUT2D eigenvalue weighted by molar-refractivity contribution is 9.10. The van der Waals surface area contributed by atoms with Gasteiger partial charge in [0, 0.05) is 35.2 Å². The summed E-state index contributed by atoms with van der Waals surface area (Å²) >= 11 is 3.55. The zero-order chi connectivity index (χ0) is 11.7. The number of benzene rings is 1. The highest BCUT2D eigenvalue weighted by Gasteiger charge is 2.28. The number of halogens is 1. The predicted octanol–water partition coefficient (Wildman–Crippen LogP) is 3.11. The second kappa shape index (κ2) is 4.76. The van der Waals surface area contributed by atoms with Crippen LogP contribution in [0.3, 0.4) is 0 Å². The van der Waals surface area contributed by atoms with Crippen molar-refractivity contribution in [3.05, 3.63) is 28.2 Å². The first-order chi connectivity index (χ1) is 7.61. The highest BCUT2D eigenvalue weighted by atomic mass is 79.9. The monoisotopic (exact) mass is 282 g/mol. The van der Waals surface area contributed by atoms with Gasteiger partial charge in [0.15, 0.2) is 0 Å². The summed E-state index contributed by atoms with van der Waals surface area (Å²) in [6.45, 7) is 6.49. The maximum atomic E-state index is 5.92. The quantitative estimate of drug-likeness (QED) is 0.923. The van der Waals surface area contributed by atoms with Crippen molar-refractivity contribution in [1.82, 2.24) is 0 Å². The van der Waals surface area contributed by atoms with Crippen molar-refractivity contribution < 1.29 is 0 Å². The Morgan fingerprint density at radius 1 is 1.56 bits per heavy atom. The van der Waals surface area contributed by atoms with Gasteiger partial charge < -0.3 is 10.6 Å². The summed E-state index contributed by atoms with van der Waals surface area (Å²) < 4.78 is 1.17. The molecule has 2 unspecified atom stereocenters. The molecule has 1 heterocycles. The van der Waals surface area contributed by atoms with Crippen molar-refractivity contribution in [3.63, 3.8) is 0 Å². The Morgan fingerprint density at radius 3 is 2.94 bits per heavy atom. The zero-order valence-electron chi connectivity index (χ0n) is 9.91. The fraction of sp³-hybridized carbons (Fsp3) is 0.538. The second-order valence-corrected chi connectivity index (χ2v) is 5.57. The topological polar surface area (TPSA) is 29.3 Å². The van der Waals surface area contributed by atoms with E-state index >= 15 is 0 Å². The van der Waals surface area contributed by atoms with Crippen LogP contribution in [-0.4, -0.2) is 19.1 Å². The lowest BCUT2D eigenvalue weighted by molar-refractivity contribution is 0.567. The van der Waals surface area contributed by atoms with Crippen LogP contribution in [0.15, 0.2) is 22.7 Å². The molecule has 0 radical (unpaired) electrons. The molecule has 2 nitrogen and oxygen atoms in total. The number of anilines is 1. The van der Waals surface area contributed by atoms with Crippen LogP contribution in [0.5, 0.6) is 0 Å². The summed E-state index contributed by atoms with van der Waals surface area (Å²) in [4.78, 5) is 2.44. The van der Waals surface area contributed by atoms with Gasteiger partial charge in [-0.2, -0.15) is 0 Å². The van der Waals surface area contributed by atoms with Crippen molar-refractivity contribution in [3.8, 4) is 0 Å². The number of hydrogen-bond acceptors (Lipinski definition) is 2. The summed E-state index contributed by atoms with van der Waals surface area (Å²) in [6, 6.07) is 6.85. The molecular weight excluding hydrogens is 264 g/mol. The number of nitrogens with zero attached hydrogens (tertiary/aromatic N) is 1. The van der Waals surface area contributed by atoms with Crippen LogP contribution in [0.4, 0.5) is 5.69 Å². The third-order valence-electron chi connectivity index (χ3n) is 3.25. The fourth-order valence-corrected chi connectivity index (χ4v) is 2.93. The molecule has 0 aliphatic carbocycles. The molecule has 2 N–H and O–H groups in total. The third kappa shape index (κ3) is 2.25. The minimum Gasteiger partial charge on any atom is -0.371 e. The molecule has 0 aromatic heterocycles. The number of fused-ring (bicyclic) bond motifs is 1. The minimum absolute atomic E-state index is 0.272. The summed E-state index contributed by atoms with van der Waals surface area (Å²) in [5.41, 5.74) is 8.76. The van der Waals surface area contributed by atoms with Crippen LogP contribution in [0, 0.1) is 0 Å². The maximum absolute atomic E-state index is 5.92. The summed E-state index contributed by atoms with van der Waals surface area (Å²) in [5, 5.41) is 0. The van der Waals surface area contributed by atoms with E-state index in [1.807, 2.05) is 0 Å². The molecule has 0 saturated heterocycles. The molecule has 2 rings (SSSR count). The molecule has 3 heteroatoms. The Balaban J connectivity index is 2.31. The van der Waals surface area contributed by atoms with Crippen LogP contribution in [0.1, 0.15) is 31.7 Å². The molecule has 88 valence electrons. The van der Waals surface area contributed by atoms with Crippen molar-refractivity contribution in [2.75, 3.05) is 18.0 Å². The molecule has 0 amide bonds.